The zero-order valence-corrected chi connectivity index (χ0v) is 16.0. The van der Waals surface area contributed by atoms with E-state index in [0.29, 0.717) is 5.01 Å². The van der Waals surface area contributed by atoms with Crippen molar-refractivity contribution in [3.63, 3.8) is 0 Å². The van der Waals surface area contributed by atoms with Crippen LogP contribution in [0.15, 0.2) is 58.4 Å². The van der Waals surface area contributed by atoms with Crippen molar-refractivity contribution in [3.05, 3.63) is 74.6 Å². The molecule has 1 aromatic carbocycles. The highest BCUT2D eigenvalue weighted by molar-refractivity contribution is 7.15. The molecular weight excluding hydrogens is 398 g/mol. The molecule has 3 heterocycles. The molecule has 9 nitrogen and oxygen atoms in total. The number of rotatable bonds is 5. The highest BCUT2D eigenvalue weighted by atomic mass is 32.1. The number of aromatic nitrogens is 3. The van der Waals surface area contributed by atoms with Crippen LogP contribution in [0.25, 0.3) is 10.4 Å². The second-order valence-corrected chi connectivity index (χ2v) is 7.76. The maximum absolute atomic E-state index is 12.9. The van der Waals surface area contributed by atoms with Gasteiger partial charge in [0.15, 0.2) is 6.23 Å². The van der Waals surface area contributed by atoms with E-state index in [9.17, 15) is 24.9 Å². The first-order valence-corrected chi connectivity index (χ1v) is 9.76. The predicted molar refractivity (Wildman–Crippen MR) is 105 cm³/mol. The minimum Gasteiger partial charge on any atom is -0.394 e. The molecule has 1 aliphatic heterocycles. The number of benzene rings is 1. The normalized spacial score (nSPS) is 24.1. The summed E-state index contributed by atoms with van der Waals surface area (Å²) in [7, 11) is 0. The van der Waals surface area contributed by atoms with E-state index in [1.807, 2.05) is 30.3 Å². The van der Waals surface area contributed by atoms with E-state index in [4.69, 9.17) is 4.74 Å². The molecule has 1 fully saturated rings. The van der Waals surface area contributed by atoms with Crippen molar-refractivity contribution < 1.29 is 20.1 Å². The molecule has 0 amide bonds. The molecule has 152 valence electrons. The summed E-state index contributed by atoms with van der Waals surface area (Å²) in [6.45, 7) is -0.546. The minimum absolute atomic E-state index is 0.0369. The quantitative estimate of drug-likeness (QED) is 0.524. The second-order valence-electron chi connectivity index (χ2n) is 6.64. The molecule has 2 unspecified atom stereocenters. The summed E-state index contributed by atoms with van der Waals surface area (Å²) in [4.78, 5) is 30.4. The van der Waals surface area contributed by atoms with Crippen LogP contribution in [0.3, 0.4) is 0 Å². The number of aliphatic hydroxyl groups excluding tert-OH is 3. The zero-order chi connectivity index (χ0) is 20.5. The average Bonchev–Trinajstić information content (AvgIpc) is 3.31. The monoisotopic (exact) mass is 417 g/mol. The maximum Gasteiger partial charge on any atom is 0.333 e. The summed E-state index contributed by atoms with van der Waals surface area (Å²) in [5.74, 6) is 0. The third-order valence-electron chi connectivity index (χ3n) is 4.79. The SMILES string of the molecule is O=c1ccn([C@@H]2O[C@H](CO)C(O)C2O)c(=O)n1Cc1ncc(-c2ccccc2)s1. The first-order chi connectivity index (χ1) is 14.0. The molecule has 0 aliphatic carbocycles. The summed E-state index contributed by atoms with van der Waals surface area (Å²) < 4.78 is 7.42. The highest BCUT2D eigenvalue weighted by Gasteiger charge is 2.43. The number of aliphatic hydroxyl groups is 3. The van der Waals surface area contributed by atoms with Crippen molar-refractivity contribution in [2.75, 3.05) is 6.61 Å². The Hall–Kier alpha value is -2.63. The summed E-state index contributed by atoms with van der Waals surface area (Å²) >= 11 is 1.37. The third-order valence-corrected chi connectivity index (χ3v) is 5.82. The fourth-order valence-electron chi connectivity index (χ4n) is 3.23. The lowest BCUT2D eigenvalue weighted by atomic mass is 10.1. The van der Waals surface area contributed by atoms with Gasteiger partial charge < -0.3 is 20.1 Å². The molecule has 0 bridgehead atoms. The Morgan fingerprint density at radius 2 is 1.86 bits per heavy atom. The van der Waals surface area contributed by atoms with Crippen LogP contribution in [0.1, 0.15) is 11.2 Å². The smallest absolute Gasteiger partial charge is 0.333 e. The molecule has 0 spiro atoms. The molecule has 3 aromatic rings. The Bertz CT molecular complexity index is 1110. The van der Waals surface area contributed by atoms with Crippen LogP contribution in [0.4, 0.5) is 0 Å². The van der Waals surface area contributed by atoms with Crippen LogP contribution < -0.4 is 11.2 Å². The van der Waals surface area contributed by atoms with Crippen molar-refractivity contribution >= 4 is 11.3 Å². The van der Waals surface area contributed by atoms with Crippen LogP contribution in [-0.4, -0.2) is 54.4 Å². The Labute approximate surface area is 168 Å². The number of hydrogen-bond donors (Lipinski definition) is 3. The Morgan fingerprint density at radius 1 is 1.10 bits per heavy atom. The van der Waals surface area contributed by atoms with Crippen LogP contribution in [0, 0.1) is 0 Å². The van der Waals surface area contributed by atoms with Crippen LogP contribution in [0.2, 0.25) is 0 Å². The number of ether oxygens (including phenoxy) is 1. The fraction of sp³-hybridized carbons (Fsp3) is 0.316. The zero-order valence-electron chi connectivity index (χ0n) is 15.2. The van der Waals surface area contributed by atoms with Crippen LogP contribution in [-0.2, 0) is 11.3 Å². The van der Waals surface area contributed by atoms with E-state index >= 15 is 0 Å². The molecular formula is C19H19N3O6S. The molecule has 0 saturated carbocycles. The second kappa shape index (κ2) is 8.01. The van der Waals surface area contributed by atoms with Gasteiger partial charge in [0, 0.05) is 18.5 Å². The number of nitrogens with zero attached hydrogens (tertiary/aromatic N) is 3. The van der Waals surface area contributed by atoms with Gasteiger partial charge in [0.05, 0.1) is 18.0 Å². The molecule has 29 heavy (non-hydrogen) atoms. The van der Waals surface area contributed by atoms with E-state index in [1.165, 1.54) is 23.6 Å². The molecule has 0 radical (unpaired) electrons. The van der Waals surface area contributed by atoms with Crippen molar-refractivity contribution in [1.82, 2.24) is 14.1 Å². The van der Waals surface area contributed by atoms with E-state index in [-0.39, 0.29) is 6.54 Å². The molecule has 1 aliphatic rings. The standard InChI is InChI=1S/C19H19N3O6S/c23-10-12-16(25)17(26)18(28-12)21-7-6-15(24)22(19(21)27)9-14-20-8-13(29-14)11-4-2-1-3-5-11/h1-8,12,16-18,23,25-26H,9-10H2/t12-,16?,17?,18-/m1/s1. The summed E-state index contributed by atoms with van der Waals surface area (Å²) in [6, 6.07) is 10.8. The Balaban J connectivity index is 1.64. The van der Waals surface area contributed by atoms with E-state index in [2.05, 4.69) is 4.98 Å². The van der Waals surface area contributed by atoms with Gasteiger partial charge in [0.25, 0.3) is 5.56 Å². The lowest BCUT2D eigenvalue weighted by Gasteiger charge is -2.18. The van der Waals surface area contributed by atoms with Gasteiger partial charge in [-0.2, -0.15) is 0 Å². The van der Waals surface area contributed by atoms with E-state index < -0.39 is 42.4 Å². The molecule has 4 rings (SSSR count). The number of hydrogen-bond acceptors (Lipinski definition) is 8. The lowest BCUT2D eigenvalue weighted by molar-refractivity contribution is -0.0555. The first kappa shape index (κ1) is 19.7. The third kappa shape index (κ3) is 3.68. The summed E-state index contributed by atoms with van der Waals surface area (Å²) in [5, 5.41) is 29.9. The Morgan fingerprint density at radius 3 is 2.55 bits per heavy atom. The van der Waals surface area contributed by atoms with E-state index in [0.717, 1.165) is 19.6 Å². The van der Waals surface area contributed by atoms with Gasteiger partial charge in [-0.15, -0.1) is 11.3 Å². The molecule has 1 saturated heterocycles. The van der Waals surface area contributed by atoms with Crippen molar-refractivity contribution in [1.29, 1.82) is 0 Å². The molecule has 10 heteroatoms. The molecule has 4 atom stereocenters. The first-order valence-electron chi connectivity index (χ1n) is 8.94. The van der Waals surface area contributed by atoms with Gasteiger partial charge in [0.2, 0.25) is 0 Å². The maximum atomic E-state index is 12.9. The van der Waals surface area contributed by atoms with E-state index in [1.54, 1.807) is 6.20 Å². The summed E-state index contributed by atoms with van der Waals surface area (Å²) in [5.41, 5.74) is -0.237. The fourth-order valence-corrected chi connectivity index (χ4v) is 4.15. The minimum atomic E-state index is -1.42. The largest absolute Gasteiger partial charge is 0.394 e. The van der Waals surface area contributed by atoms with Gasteiger partial charge in [-0.3, -0.25) is 13.9 Å². The van der Waals surface area contributed by atoms with Gasteiger partial charge in [0.1, 0.15) is 23.3 Å². The molecule has 2 aromatic heterocycles. The lowest BCUT2D eigenvalue weighted by Crippen LogP contribution is -2.43. The highest BCUT2D eigenvalue weighted by Crippen LogP contribution is 2.28. The van der Waals surface area contributed by atoms with Crippen LogP contribution in [0.5, 0.6) is 0 Å². The van der Waals surface area contributed by atoms with Crippen LogP contribution >= 0.6 is 11.3 Å². The Kier molecular flexibility index (Phi) is 5.43. The topological polar surface area (TPSA) is 127 Å². The van der Waals surface area contributed by atoms with Crippen molar-refractivity contribution in [3.8, 4) is 10.4 Å². The molecule has 3 N–H and O–H groups in total. The average molecular weight is 417 g/mol. The van der Waals surface area contributed by atoms with Gasteiger partial charge in [-0.25, -0.2) is 9.78 Å². The predicted octanol–water partition coefficient (Wildman–Crippen LogP) is -0.207. The van der Waals surface area contributed by atoms with Gasteiger partial charge in [-0.05, 0) is 5.56 Å². The summed E-state index contributed by atoms with van der Waals surface area (Å²) in [6.07, 6.45) is -2.09. The number of thiazole rings is 1. The van der Waals surface area contributed by atoms with Gasteiger partial charge in [-0.1, -0.05) is 30.3 Å². The van der Waals surface area contributed by atoms with Crippen molar-refractivity contribution in [2.45, 2.75) is 31.1 Å². The van der Waals surface area contributed by atoms with Crippen molar-refractivity contribution in [2.24, 2.45) is 0 Å². The van der Waals surface area contributed by atoms with Gasteiger partial charge >= 0.3 is 5.69 Å².